The van der Waals surface area contributed by atoms with E-state index in [9.17, 15) is 9.59 Å². The molecule has 156 valence electrons. The lowest BCUT2D eigenvalue weighted by Gasteiger charge is -2.38. The number of ether oxygens (including phenoxy) is 1. The lowest BCUT2D eigenvalue weighted by Crippen LogP contribution is -2.50. The van der Waals surface area contributed by atoms with Crippen LogP contribution in [-0.4, -0.2) is 41.6 Å². The number of carbonyl (C=O) groups excluding carboxylic acids is 2. The largest absolute Gasteiger partial charge is 0.496 e. The van der Waals surface area contributed by atoms with Crippen LogP contribution in [0.4, 0.5) is 0 Å². The molecule has 1 heterocycles. The van der Waals surface area contributed by atoms with E-state index in [1.54, 1.807) is 30.2 Å². The van der Waals surface area contributed by atoms with Crippen molar-refractivity contribution in [1.82, 2.24) is 4.90 Å². The smallest absolute Gasteiger partial charge is 0.275 e. The number of Topliss-reactive ketones (excluding diaryl/α,β-unsaturated/α-hetero) is 1. The molecule has 0 saturated heterocycles. The second-order valence-electron chi connectivity index (χ2n) is 7.98. The fourth-order valence-corrected chi connectivity index (χ4v) is 4.65. The Morgan fingerprint density at radius 3 is 2.50 bits per heavy atom. The standard InChI is InChI=1S/C24H25ClN2O3/c1-16-7-6-8-19(22(16)30-2)20(28)15-27-23(29)21(17-9-11-18(25)12-10-17)26-24(27)13-4-3-5-14-24/h6-12H,3-5,13-15H2,1-2H3. The predicted octanol–water partition coefficient (Wildman–Crippen LogP) is 4.83. The van der Waals surface area contributed by atoms with Gasteiger partial charge >= 0.3 is 0 Å². The number of para-hydroxylation sites is 1. The summed E-state index contributed by atoms with van der Waals surface area (Å²) in [7, 11) is 1.56. The Labute approximate surface area is 181 Å². The number of hydrogen-bond acceptors (Lipinski definition) is 4. The van der Waals surface area contributed by atoms with Crippen molar-refractivity contribution in [3.8, 4) is 5.75 Å². The van der Waals surface area contributed by atoms with Crippen LogP contribution in [0.3, 0.4) is 0 Å². The van der Waals surface area contributed by atoms with Gasteiger partial charge in [0.15, 0.2) is 5.78 Å². The Bertz CT molecular complexity index is 1010. The Kier molecular flexibility index (Phi) is 5.65. The van der Waals surface area contributed by atoms with Gasteiger partial charge in [0, 0.05) is 10.6 Å². The molecule has 0 N–H and O–H groups in total. The van der Waals surface area contributed by atoms with Gasteiger partial charge in [-0.3, -0.25) is 14.6 Å². The highest BCUT2D eigenvalue weighted by atomic mass is 35.5. The van der Waals surface area contributed by atoms with Gasteiger partial charge in [0.05, 0.1) is 19.2 Å². The molecule has 1 amide bonds. The molecule has 5 nitrogen and oxygen atoms in total. The maximum Gasteiger partial charge on any atom is 0.275 e. The number of ketones is 1. The van der Waals surface area contributed by atoms with Gasteiger partial charge in [-0.25, -0.2) is 0 Å². The van der Waals surface area contributed by atoms with Crippen LogP contribution in [0.25, 0.3) is 0 Å². The highest BCUT2D eigenvalue weighted by Crippen LogP contribution is 2.40. The van der Waals surface area contributed by atoms with E-state index in [1.807, 2.05) is 31.2 Å². The average molecular weight is 425 g/mol. The molecule has 2 aliphatic rings. The van der Waals surface area contributed by atoms with Crippen LogP contribution in [0.1, 0.15) is 53.6 Å². The number of halogens is 1. The topological polar surface area (TPSA) is 59.0 Å². The number of nitrogens with zero attached hydrogens (tertiary/aromatic N) is 2. The third-order valence-corrected chi connectivity index (χ3v) is 6.31. The van der Waals surface area contributed by atoms with Crippen molar-refractivity contribution in [2.24, 2.45) is 4.99 Å². The molecular weight excluding hydrogens is 400 g/mol. The number of aliphatic imine (C=N–C) groups is 1. The third-order valence-electron chi connectivity index (χ3n) is 6.06. The molecule has 1 spiro atoms. The SMILES string of the molecule is COc1c(C)cccc1C(=O)CN1C(=O)C(c2ccc(Cl)cc2)=NC12CCCCC2. The summed E-state index contributed by atoms with van der Waals surface area (Å²) in [6, 6.07) is 12.6. The Morgan fingerprint density at radius 2 is 1.83 bits per heavy atom. The lowest BCUT2D eigenvalue weighted by molar-refractivity contribution is -0.128. The molecule has 1 fully saturated rings. The minimum Gasteiger partial charge on any atom is -0.496 e. The number of amides is 1. The summed E-state index contributed by atoms with van der Waals surface area (Å²) >= 11 is 6.01. The molecule has 0 unspecified atom stereocenters. The maximum atomic E-state index is 13.4. The number of rotatable bonds is 5. The zero-order chi connectivity index (χ0) is 21.3. The van der Waals surface area contributed by atoms with E-state index in [2.05, 4.69) is 0 Å². The molecule has 0 bridgehead atoms. The van der Waals surface area contributed by atoms with Crippen molar-refractivity contribution in [3.05, 3.63) is 64.2 Å². The minimum absolute atomic E-state index is 0.0146. The molecule has 0 atom stereocenters. The van der Waals surface area contributed by atoms with Gasteiger partial charge in [0.2, 0.25) is 0 Å². The van der Waals surface area contributed by atoms with E-state index in [0.717, 1.165) is 43.2 Å². The van der Waals surface area contributed by atoms with Crippen LogP contribution < -0.4 is 4.74 Å². The van der Waals surface area contributed by atoms with Gasteiger partial charge < -0.3 is 9.64 Å². The number of aryl methyl sites for hydroxylation is 1. The molecular formula is C24H25ClN2O3. The molecule has 4 rings (SSSR count). The van der Waals surface area contributed by atoms with Crippen LogP contribution in [0.15, 0.2) is 47.5 Å². The van der Waals surface area contributed by atoms with Crippen molar-refractivity contribution in [2.45, 2.75) is 44.7 Å². The zero-order valence-corrected chi connectivity index (χ0v) is 18.0. The van der Waals surface area contributed by atoms with Crippen molar-refractivity contribution in [1.29, 1.82) is 0 Å². The highest BCUT2D eigenvalue weighted by Gasteiger charge is 2.48. The second kappa shape index (κ2) is 8.23. The van der Waals surface area contributed by atoms with Crippen molar-refractivity contribution in [3.63, 3.8) is 0 Å². The molecule has 1 aliphatic heterocycles. The lowest BCUT2D eigenvalue weighted by atomic mass is 9.88. The quantitative estimate of drug-likeness (QED) is 0.646. The van der Waals surface area contributed by atoms with E-state index in [-0.39, 0.29) is 18.2 Å². The Hall–Kier alpha value is -2.66. The molecule has 0 radical (unpaired) electrons. The van der Waals surface area contributed by atoms with Crippen molar-refractivity contribution < 1.29 is 14.3 Å². The van der Waals surface area contributed by atoms with Gasteiger partial charge in [-0.15, -0.1) is 0 Å². The first kappa shape index (κ1) is 20.6. The van der Waals surface area contributed by atoms with E-state index in [1.165, 1.54) is 0 Å². The molecule has 2 aromatic rings. The minimum atomic E-state index is -0.642. The van der Waals surface area contributed by atoms with Gasteiger partial charge in [0.1, 0.15) is 17.1 Å². The number of benzene rings is 2. The van der Waals surface area contributed by atoms with Gasteiger partial charge in [0.25, 0.3) is 5.91 Å². The summed E-state index contributed by atoms with van der Waals surface area (Å²) in [6.45, 7) is 1.89. The number of hydrogen-bond donors (Lipinski definition) is 0. The fourth-order valence-electron chi connectivity index (χ4n) is 4.52. The van der Waals surface area contributed by atoms with Crippen molar-refractivity contribution in [2.75, 3.05) is 13.7 Å². The first-order valence-electron chi connectivity index (χ1n) is 10.3. The fraction of sp³-hybridized carbons (Fsp3) is 0.375. The summed E-state index contributed by atoms with van der Waals surface area (Å²) in [5, 5.41) is 0.607. The zero-order valence-electron chi connectivity index (χ0n) is 17.3. The molecule has 2 aromatic carbocycles. The molecule has 1 aliphatic carbocycles. The summed E-state index contributed by atoms with van der Waals surface area (Å²) in [5.41, 5.74) is 1.89. The van der Waals surface area contributed by atoms with Gasteiger partial charge in [-0.05, 0) is 56.4 Å². The van der Waals surface area contributed by atoms with E-state index >= 15 is 0 Å². The molecule has 1 saturated carbocycles. The van der Waals surface area contributed by atoms with E-state index < -0.39 is 5.66 Å². The maximum absolute atomic E-state index is 13.4. The Morgan fingerprint density at radius 1 is 1.13 bits per heavy atom. The van der Waals surface area contributed by atoms with E-state index in [0.29, 0.717) is 22.0 Å². The van der Waals surface area contributed by atoms with Gasteiger partial charge in [-0.2, -0.15) is 0 Å². The highest BCUT2D eigenvalue weighted by molar-refractivity contribution is 6.47. The average Bonchev–Trinajstić information content (AvgIpc) is 3.00. The van der Waals surface area contributed by atoms with Crippen LogP contribution in [0.2, 0.25) is 5.02 Å². The second-order valence-corrected chi connectivity index (χ2v) is 8.42. The van der Waals surface area contributed by atoms with Crippen LogP contribution in [0.5, 0.6) is 5.75 Å². The van der Waals surface area contributed by atoms with Gasteiger partial charge in [-0.1, -0.05) is 42.3 Å². The first-order chi connectivity index (χ1) is 14.4. The third kappa shape index (κ3) is 3.63. The summed E-state index contributed by atoms with van der Waals surface area (Å²) in [5.74, 6) is 0.228. The first-order valence-corrected chi connectivity index (χ1v) is 10.7. The summed E-state index contributed by atoms with van der Waals surface area (Å²) in [6.07, 6.45) is 4.64. The van der Waals surface area contributed by atoms with E-state index in [4.69, 9.17) is 21.3 Å². The normalized spacial score (nSPS) is 17.9. The Balaban J connectivity index is 1.68. The van der Waals surface area contributed by atoms with Crippen LogP contribution >= 0.6 is 11.6 Å². The monoisotopic (exact) mass is 424 g/mol. The number of methoxy groups -OCH3 is 1. The van der Waals surface area contributed by atoms with Crippen LogP contribution in [0, 0.1) is 6.92 Å². The summed E-state index contributed by atoms with van der Waals surface area (Å²) < 4.78 is 5.46. The predicted molar refractivity (Wildman–Crippen MR) is 118 cm³/mol. The number of carbonyl (C=O) groups is 2. The summed E-state index contributed by atoms with van der Waals surface area (Å²) in [4.78, 5) is 33.3. The van der Waals surface area contributed by atoms with Crippen molar-refractivity contribution >= 4 is 29.0 Å². The van der Waals surface area contributed by atoms with Crippen LogP contribution in [-0.2, 0) is 4.79 Å². The molecule has 6 heteroatoms. The molecule has 0 aromatic heterocycles. The molecule has 30 heavy (non-hydrogen) atoms.